The summed E-state index contributed by atoms with van der Waals surface area (Å²) in [5.74, 6) is 1.64. The van der Waals surface area contributed by atoms with E-state index in [0.29, 0.717) is 13.1 Å². The lowest BCUT2D eigenvalue weighted by Crippen LogP contribution is -2.49. The summed E-state index contributed by atoms with van der Waals surface area (Å²) >= 11 is 1.69. The van der Waals surface area contributed by atoms with Crippen LogP contribution in [0.4, 0.5) is 5.95 Å². The third-order valence-corrected chi connectivity index (χ3v) is 5.64. The van der Waals surface area contributed by atoms with Crippen molar-refractivity contribution in [2.75, 3.05) is 31.1 Å². The van der Waals surface area contributed by atoms with Gasteiger partial charge in [0.15, 0.2) is 0 Å². The van der Waals surface area contributed by atoms with Crippen molar-refractivity contribution in [2.45, 2.75) is 10.8 Å². The Hall–Kier alpha value is -2.93. The van der Waals surface area contributed by atoms with Crippen LogP contribution in [-0.2, 0) is 5.75 Å². The van der Waals surface area contributed by atoms with Crippen LogP contribution in [0.25, 0.3) is 0 Å². The van der Waals surface area contributed by atoms with Crippen molar-refractivity contribution < 1.29 is 4.79 Å². The number of benzene rings is 1. The third kappa shape index (κ3) is 4.48. The second kappa shape index (κ2) is 8.84. The van der Waals surface area contributed by atoms with Gasteiger partial charge in [0.2, 0.25) is 5.95 Å². The van der Waals surface area contributed by atoms with Crippen molar-refractivity contribution in [1.82, 2.24) is 19.9 Å². The fraction of sp³-hybridized carbons (Fsp3) is 0.238. The SMILES string of the molecule is O=C(c1ccc(CSc2ccccn2)cc1)N1CCN(c2ncccn2)CC1. The first-order valence-electron chi connectivity index (χ1n) is 9.23. The van der Waals surface area contributed by atoms with Crippen molar-refractivity contribution in [3.63, 3.8) is 0 Å². The average molecular weight is 392 g/mol. The molecule has 3 heterocycles. The third-order valence-electron chi connectivity index (χ3n) is 4.63. The Morgan fingerprint density at radius 2 is 1.57 bits per heavy atom. The molecule has 0 unspecified atom stereocenters. The molecule has 0 spiro atoms. The summed E-state index contributed by atoms with van der Waals surface area (Å²) in [7, 11) is 0. The van der Waals surface area contributed by atoms with Gasteiger partial charge in [-0.1, -0.05) is 18.2 Å². The number of hydrogen-bond acceptors (Lipinski definition) is 6. The minimum absolute atomic E-state index is 0.0811. The van der Waals surface area contributed by atoms with Gasteiger partial charge in [-0.15, -0.1) is 11.8 Å². The predicted molar refractivity (Wildman–Crippen MR) is 110 cm³/mol. The van der Waals surface area contributed by atoms with E-state index < -0.39 is 0 Å². The van der Waals surface area contributed by atoms with Gasteiger partial charge in [-0.25, -0.2) is 15.0 Å². The highest BCUT2D eigenvalue weighted by Crippen LogP contribution is 2.21. The smallest absolute Gasteiger partial charge is 0.253 e. The van der Waals surface area contributed by atoms with Gasteiger partial charge >= 0.3 is 0 Å². The summed E-state index contributed by atoms with van der Waals surface area (Å²) in [6.07, 6.45) is 5.29. The van der Waals surface area contributed by atoms with E-state index in [0.717, 1.165) is 35.4 Å². The molecule has 0 radical (unpaired) electrons. The van der Waals surface area contributed by atoms with Crippen molar-refractivity contribution in [3.8, 4) is 0 Å². The largest absolute Gasteiger partial charge is 0.337 e. The molecule has 3 aromatic rings. The molecular weight excluding hydrogens is 370 g/mol. The fourth-order valence-electron chi connectivity index (χ4n) is 3.08. The number of anilines is 1. The quantitative estimate of drug-likeness (QED) is 0.623. The maximum atomic E-state index is 12.8. The Bertz CT molecular complexity index is 897. The first-order chi connectivity index (χ1) is 13.8. The topological polar surface area (TPSA) is 62.2 Å². The molecule has 28 heavy (non-hydrogen) atoms. The summed E-state index contributed by atoms with van der Waals surface area (Å²) < 4.78 is 0. The van der Waals surface area contributed by atoms with Crippen LogP contribution >= 0.6 is 11.8 Å². The average Bonchev–Trinajstić information content (AvgIpc) is 2.79. The number of piperazine rings is 1. The number of aromatic nitrogens is 3. The molecule has 0 saturated carbocycles. The lowest BCUT2D eigenvalue weighted by molar-refractivity contribution is 0.0746. The lowest BCUT2D eigenvalue weighted by Gasteiger charge is -2.34. The second-order valence-corrected chi connectivity index (χ2v) is 7.48. The molecule has 4 rings (SSSR count). The van der Waals surface area contributed by atoms with E-state index >= 15 is 0 Å². The van der Waals surface area contributed by atoms with Crippen molar-refractivity contribution >= 4 is 23.6 Å². The van der Waals surface area contributed by atoms with Crippen LogP contribution < -0.4 is 4.90 Å². The normalized spacial score (nSPS) is 14.1. The number of carbonyl (C=O) groups excluding carboxylic acids is 1. The van der Waals surface area contributed by atoms with Crippen LogP contribution in [0, 0.1) is 0 Å². The Kier molecular flexibility index (Phi) is 5.82. The summed E-state index contributed by atoms with van der Waals surface area (Å²) in [6, 6.07) is 15.6. The van der Waals surface area contributed by atoms with Gasteiger partial charge in [-0.2, -0.15) is 0 Å². The number of hydrogen-bond donors (Lipinski definition) is 0. The van der Waals surface area contributed by atoms with Crippen LogP contribution in [0.1, 0.15) is 15.9 Å². The van der Waals surface area contributed by atoms with Gasteiger partial charge in [0.25, 0.3) is 5.91 Å². The molecule has 1 aliphatic heterocycles. The molecule has 7 heteroatoms. The highest BCUT2D eigenvalue weighted by Gasteiger charge is 2.23. The minimum Gasteiger partial charge on any atom is -0.337 e. The number of nitrogens with zero attached hydrogens (tertiary/aromatic N) is 5. The molecule has 1 saturated heterocycles. The van der Waals surface area contributed by atoms with Gasteiger partial charge in [0, 0.05) is 56.1 Å². The van der Waals surface area contributed by atoms with E-state index in [-0.39, 0.29) is 5.91 Å². The Morgan fingerprint density at radius 1 is 0.857 bits per heavy atom. The zero-order valence-corrected chi connectivity index (χ0v) is 16.3. The molecule has 1 fully saturated rings. The molecule has 1 aromatic carbocycles. The van der Waals surface area contributed by atoms with Crippen LogP contribution in [0.15, 0.2) is 72.1 Å². The highest BCUT2D eigenvalue weighted by molar-refractivity contribution is 7.98. The van der Waals surface area contributed by atoms with E-state index in [1.165, 1.54) is 5.56 Å². The first kappa shape index (κ1) is 18.4. The Balaban J connectivity index is 1.31. The van der Waals surface area contributed by atoms with Crippen LogP contribution in [0.2, 0.25) is 0 Å². The van der Waals surface area contributed by atoms with Crippen LogP contribution in [-0.4, -0.2) is 51.9 Å². The molecule has 0 bridgehead atoms. The van der Waals surface area contributed by atoms with Crippen molar-refractivity contribution in [1.29, 1.82) is 0 Å². The minimum atomic E-state index is 0.0811. The number of thioether (sulfide) groups is 1. The number of pyridine rings is 1. The summed E-state index contributed by atoms with van der Waals surface area (Å²) in [4.78, 5) is 29.7. The molecule has 0 aliphatic carbocycles. The standard InChI is InChI=1S/C21H21N5OS/c27-20(25-12-14-26(15-13-25)21-23-10-3-11-24-21)18-7-5-17(6-8-18)16-28-19-4-1-2-9-22-19/h1-11H,12-16H2. The number of carbonyl (C=O) groups is 1. The number of amides is 1. The van der Waals surface area contributed by atoms with E-state index in [4.69, 9.17) is 0 Å². The van der Waals surface area contributed by atoms with E-state index in [2.05, 4.69) is 19.9 Å². The van der Waals surface area contributed by atoms with Crippen LogP contribution in [0.3, 0.4) is 0 Å². The van der Waals surface area contributed by atoms with Gasteiger partial charge in [-0.05, 0) is 35.9 Å². The van der Waals surface area contributed by atoms with E-state index in [1.807, 2.05) is 53.4 Å². The summed E-state index contributed by atoms with van der Waals surface area (Å²) in [5, 5.41) is 1.00. The lowest BCUT2D eigenvalue weighted by atomic mass is 10.1. The van der Waals surface area contributed by atoms with Gasteiger partial charge < -0.3 is 9.80 Å². The molecule has 2 aromatic heterocycles. The maximum Gasteiger partial charge on any atom is 0.253 e. The number of rotatable bonds is 5. The second-order valence-electron chi connectivity index (χ2n) is 6.48. The molecule has 1 aliphatic rings. The van der Waals surface area contributed by atoms with E-state index in [1.54, 1.807) is 30.4 Å². The maximum absolute atomic E-state index is 12.8. The molecule has 1 amide bonds. The molecule has 6 nitrogen and oxygen atoms in total. The zero-order valence-electron chi connectivity index (χ0n) is 15.4. The van der Waals surface area contributed by atoms with Crippen molar-refractivity contribution in [3.05, 3.63) is 78.2 Å². The van der Waals surface area contributed by atoms with Gasteiger partial charge in [0.05, 0.1) is 5.03 Å². The van der Waals surface area contributed by atoms with Crippen LogP contribution in [0.5, 0.6) is 0 Å². The predicted octanol–water partition coefficient (Wildman–Crippen LogP) is 3.13. The molecule has 0 atom stereocenters. The molecule has 0 N–H and O–H groups in total. The van der Waals surface area contributed by atoms with Gasteiger partial charge in [0.1, 0.15) is 0 Å². The summed E-state index contributed by atoms with van der Waals surface area (Å²) in [5.41, 5.74) is 1.91. The molecular formula is C21H21N5OS. The zero-order chi connectivity index (χ0) is 19.2. The monoisotopic (exact) mass is 391 g/mol. The first-order valence-corrected chi connectivity index (χ1v) is 10.2. The highest BCUT2D eigenvalue weighted by atomic mass is 32.2. The van der Waals surface area contributed by atoms with Gasteiger partial charge in [-0.3, -0.25) is 4.79 Å². The Labute approximate surface area is 168 Å². The Morgan fingerprint density at radius 3 is 2.25 bits per heavy atom. The summed E-state index contributed by atoms with van der Waals surface area (Å²) in [6.45, 7) is 2.84. The van der Waals surface area contributed by atoms with Crippen molar-refractivity contribution in [2.24, 2.45) is 0 Å². The van der Waals surface area contributed by atoms with E-state index in [9.17, 15) is 4.79 Å². The fourth-order valence-corrected chi connectivity index (χ4v) is 3.90. The molecule has 142 valence electrons.